The number of hydrogen-bond donors (Lipinski definition) is 1. The van der Waals surface area contributed by atoms with Crippen LogP contribution in [0, 0.1) is 0 Å². The number of carbonyl (C=O) groups excluding carboxylic acids is 1. The summed E-state index contributed by atoms with van der Waals surface area (Å²) in [6.45, 7) is 0. The fourth-order valence-electron chi connectivity index (χ4n) is 1.33. The number of benzene rings is 1. The molecule has 0 bridgehead atoms. The highest BCUT2D eigenvalue weighted by atomic mass is 79.9. The van der Waals surface area contributed by atoms with Crippen molar-refractivity contribution in [3.8, 4) is 0 Å². The van der Waals surface area contributed by atoms with Gasteiger partial charge >= 0.3 is 0 Å². The second-order valence-corrected chi connectivity index (χ2v) is 5.61. The summed E-state index contributed by atoms with van der Waals surface area (Å²) < 4.78 is 1.54. The third-order valence-corrected chi connectivity index (χ3v) is 3.70. The molecule has 0 atom stereocenters. The van der Waals surface area contributed by atoms with E-state index >= 15 is 0 Å². The number of nitrogens with zero attached hydrogens (tertiary/aromatic N) is 1. The zero-order valence-corrected chi connectivity index (χ0v) is 12.9. The SMILES string of the molecule is O=C(Nc1cnccc1Cl)c1cc(Br)ccc1Br. The molecule has 1 aromatic heterocycles. The van der Waals surface area contributed by atoms with Crippen LogP contribution >= 0.6 is 43.5 Å². The van der Waals surface area contributed by atoms with Crippen LogP contribution < -0.4 is 5.32 Å². The Morgan fingerprint density at radius 3 is 2.78 bits per heavy atom. The molecule has 2 aromatic rings. The van der Waals surface area contributed by atoms with Gasteiger partial charge in [-0.25, -0.2) is 0 Å². The summed E-state index contributed by atoms with van der Waals surface area (Å²) in [4.78, 5) is 16.0. The zero-order valence-electron chi connectivity index (χ0n) is 8.95. The molecule has 0 aliphatic carbocycles. The van der Waals surface area contributed by atoms with Gasteiger partial charge in [-0.15, -0.1) is 0 Å². The summed E-state index contributed by atoms with van der Waals surface area (Å²) in [5.74, 6) is -0.252. The van der Waals surface area contributed by atoms with Crippen molar-refractivity contribution in [3.05, 3.63) is 56.2 Å². The van der Waals surface area contributed by atoms with Crippen LogP contribution in [0.1, 0.15) is 10.4 Å². The summed E-state index contributed by atoms with van der Waals surface area (Å²) in [5, 5.41) is 3.16. The zero-order chi connectivity index (χ0) is 13.1. The van der Waals surface area contributed by atoms with E-state index in [4.69, 9.17) is 11.6 Å². The van der Waals surface area contributed by atoms with Crippen molar-refractivity contribution in [3.63, 3.8) is 0 Å². The smallest absolute Gasteiger partial charge is 0.256 e. The highest BCUT2D eigenvalue weighted by Crippen LogP contribution is 2.24. The van der Waals surface area contributed by atoms with Gasteiger partial charge in [0.15, 0.2) is 0 Å². The number of halogens is 3. The third kappa shape index (κ3) is 3.10. The molecule has 3 nitrogen and oxygen atoms in total. The molecule has 0 aliphatic rings. The fourth-order valence-corrected chi connectivity index (χ4v) is 2.27. The average Bonchev–Trinajstić information content (AvgIpc) is 2.35. The molecule has 1 amide bonds. The Labute approximate surface area is 126 Å². The van der Waals surface area contributed by atoms with Gasteiger partial charge in [0.25, 0.3) is 5.91 Å². The lowest BCUT2D eigenvalue weighted by molar-refractivity contribution is 0.102. The molecule has 0 saturated heterocycles. The van der Waals surface area contributed by atoms with E-state index in [2.05, 4.69) is 42.2 Å². The maximum Gasteiger partial charge on any atom is 0.256 e. The van der Waals surface area contributed by atoms with Crippen LogP contribution in [-0.4, -0.2) is 10.9 Å². The Hall–Kier alpha value is -0.910. The summed E-state index contributed by atoms with van der Waals surface area (Å²) in [5.41, 5.74) is 1.00. The maximum absolute atomic E-state index is 12.1. The first-order chi connectivity index (χ1) is 8.58. The normalized spacial score (nSPS) is 10.2. The molecule has 0 saturated carbocycles. The quantitative estimate of drug-likeness (QED) is 0.820. The first-order valence-electron chi connectivity index (χ1n) is 4.94. The van der Waals surface area contributed by atoms with Gasteiger partial charge in [0, 0.05) is 15.1 Å². The van der Waals surface area contributed by atoms with Gasteiger partial charge in [-0.2, -0.15) is 0 Å². The number of aromatic nitrogens is 1. The molecule has 1 heterocycles. The number of anilines is 1. The van der Waals surface area contributed by atoms with Gasteiger partial charge in [-0.05, 0) is 40.2 Å². The molecule has 6 heteroatoms. The van der Waals surface area contributed by atoms with Crippen molar-refractivity contribution in [2.45, 2.75) is 0 Å². The molecule has 0 unspecified atom stereocenters. The van der Waals surface area contributed by atoms with Crippen molar-refractivity contribution in [1.82, 2.24) is 4.98 Å². The molecular weight excluding hydrogens is 383 g/mol. The number of carbonyl (C=O) groups is 1. The Kier molecular flexibility index (Phi) is 4.37. The summed E-state index contributed by atoms with van der Waals surface area (Å²) >= 11 is 12.6. The van der Waals surface area contributed by atoms with E-state index in [1.165, 1.54) is 6.20 Å². The van der Waals surface area contributed by atoms with Gasteiger partial charge in [0.2, 0.25) is 0 Å². The van der Waals surface area contributed by atoms with Gasteiger partial charge in [-0.1, -0.05) is 27.5 Å². The predicted molar refractivity (Wildman–Crippen MR) is 79.0 cm³/mol. The fraction of sp³-hybridized carbons (Fsp3) is 0. The number of nitrogens with one attached hydrogen (secondary N) is 1. The van der Waals surface area contributed by atoms with Gasteiger partial charge in [0.05, 0.1) is 22.5 Å². The molecule has 0 spiro atoms. The first kappa shape index (κ1) is 13.5. The molecular formula is C12H7Br2ClN2O. The van der Waals surface area contributed by atoms with Crippen LogP contribution in [0.4, 0.5) is 5.69 Å². The molecule has 1 N–H and O–H groups in total. The maximum atomic E-state index is 12.1. The molecule has 0 fully saturated rings. The van der Waals surface area contributed by atoms with Gasteiger partial charge in [0.1, 0.15) is 0 Å². The number of hydrogen-bond acceptors (Lipinski definition) is 2. The molecule has 92 valence electrons. The minimum atomic E-state index is -0.252. The summed E-state index contributed by atoms with van der Waals surface area (Å²) in [6.07, 6.45) is 3.07. The molecule has 0 aliphatic heterocycles. The van der Waals surface area contributed by atoms with E-state index in [0.29, 0.717) is 20.7 Å². The minimum Gasteiger partial charge on any atom is -0.319 e. The number of rotatable bonds is 2. The third-order valence-electron chi connectivity index (χ3n) is 2.19. The van der Waals surface area contributed by atoms with E-state index in [-0.39, 0.29) is 5.91 Å². The summed E-state index contributed by atoms with van der Waals surface area (Å²) in [6, 6.07) is 6.98. The average molecular weight is 390 g/mol. The molecule has 0 radical (unpaired) electrons. The monoisotopic (exact) mass is 388 g/mol. The van der Waals surface area contributed by atoms with Crippen molar-refractivity contribution < 1.29 is 4.79 Å². The van der Waals surface area contributed by atoms with E-state index in [1.807, 2.05) is 6.07 Å². The van der Waals surface area contributed by atoms with E-state index < -0.39 is 0 Å². The Bertz CT molecular complexity index is 604. The van der Waals surface area contributed by atoms with E-state index in [0.717, 1.165) is 4.47 Å². The van der Waals surface area contributed by atoms with Crippen molar-refractivity contribution >= 4 is 55.1 Å². The van der Waals surface area contributed by atoms with E-state index in [9.17, 15) is 4.79 Å². The van der Waals surface area contributed by atoms with Crippen LogP contribution in [-0.2, 0) is 0 Å². The van der Waals surface area contributed by atoms with Crippen LogP contribution in [0.5, 0.6) is 0 Å². The predicted octanol–water partition coefficient (Wildman–Crippen LogP) is 4.51. The van der Waals surface area contributed by atoms with Crippen LogP contribution in [0.2, 0.25) is 5.02 Å². The van der Waals surface area contributed by atoms with Crippen molar-refractivity contribution in [2.24, 2.45) is 0 Å². The lowest BCUT2D eigenvalue weighted by Gasteiger charge is -2.08. The molecule has 1 aromatic carbocycles. The second-order valence-electron chi connectivity index (χ2n) is 3.43. The van der Waals surface area contributed by atoms with Gasteiger partial charge in [-0.3, -0.25) is 9.78 Å². The minimum absolute atomic E-state index is 0.252. The van der Waals surface area contributed by atoms with Gasteiger partial charge < -0.3 is 5.32 Å². The molecule has 18 heavy (non-hydrogen) atoms. The lowest BCUT2D eigenvalue weighted by atomic mass is 10.2. The second kappa shape index (κ2) is 5.82. The van der Waals surface area contributed by atoms with Crippen molar-refractivity contribution in [1.29, 1.82) is 0 Å². The van der Waals surface area contributed by atoms with Crippen molar-refractivity contribution in [2.75, 3.05) is 5.32 Å². The largest absolute Gasteiger partial charge is 0.319 e. The highest BCUT2D eigenvalue weighted by molar-refractivity contribution is 9.11. The standard InChI is InChI=1S/C12H7Br2ClN2O/c13-7-1-2-9(14)8(5-7)12(18)17-11-6-16-4-3-10(11)15/h1-6H,(H,17,18). The Morgan fingerprint density at radius 2 is 2.06 bits per heavy atom. The Balaban J connectivity index is 2.28. The lowest BCUT2D eigenvalue weighted by Crippen LogP contribution is -2.13. The summed E-state index contributed by atoms with van der Waals surface area (Å²) in [7, 11) is 0. The van der Waals surface area contributed by atoms with E-state index in [1.54, 1.807) is 24.4 Å². The van der Waals surface area contributed by atoms with Crippen LogP contribution in [0.15, 0.2) is 45.6 Å². The first-order valence-corrected chi connectivity index (χ1v) is 6.90. The van der Waals surface area contributed by atoms with Crippen LogP contribution in [0.3, 0.4) is 0 Å². The molecule has 2 rings (SSSR count). The highest BCUT2D eigenvalue weighted by Gasteiger charge is 2.12. The number of amides is 1. The topological polar surface area (TPSA) is 42.0 Å². The number of pyridine rings is 1. The van der Waals surface area contributed by atoms with Crippen LogP contribution in [0.25, 0.3) is 0 Å². The Morgan fingerprint density at radius 1 is 1.28 bits per heavy atom.